The fraction of sp³-hybridized carbons (Fsp3) is 0.316. The summed E-state index contributed by atoms with van der Waals surface area (Å²) >= 11 is 6.09. The highest BCUT2D eigenvalue weighted by molar-refractivity contribution is 7.91. The summed E-state index contributed by atoms with van der Waals surface area (Å²) < 4.78 is 29.7. The van der Waals surface area contributed by atoms with Crippen molar-refractivity contribution in [2.24, 2.45) is 4.99 Å². The Kier molecular flexibility index (Phi) is 5.68. The van der Waals surface area contributed by atoms with Crippen LogP contribution in [-0.2, 0) is 9.84 Å². The molecule has 1 atom stereocenters. The van der Waals surface area contributed by atoms with Crippen LogP contribution in [0.5, 0.6) is 11.6 Å². The Morgan fingerprint density at radius 2 is 2.17 bits per heavy atom. The second-order valence-corrected chi connectivity index (χ2v) is 9.29. The van der Waals surface area contributed by atoms with Gasteiger partial charge < -0.3 is 9.84 Å². The minimum absolute atomic E-state index is 0.0763. The Morgan fingerprint density at radius 1 is 1.45 bits per heavy atom. The summed E-state index contributed by atoms with van der Waals surface area (Å²) in [5.41, 5.74) is 0.0118. The molecule has 2 aromatic rings. The molecule has 0 radical (unpaired) electrons. The van der Waals surface area contributed by atoms with Gasteiger partial charge in [-0.15, -0.1) is 0 Å². The quantitative estimate of drug-likeness (QED) is 0.736. The highest BCUT2D eigenvalue weighted by Crippen LogP contribution is 2.31. The number of aliphatic imine (C=N–C) groups is 1. The van der Waals surface area contributed by atoms with Gasteiger partial charge in [0.15, 0.2) is 9.84 Å². The first-order chi connectivity index (χ1) is 13.7. The molecule has 1 saturated heterocycles. The fourth-order valence-electron chi connectivity index (χ4n) is 3.29. The van der Waals surface area contributed by atoms with Crippen LogP contribution in [0.1, 0.15) is 29.2 Å². The minimum atomic E-state index is -3.30. The fourth-order valence-corrected chi connectivity index (χ4v) is 5.24. The number of ether oxygens (including phenoxy) is 1. The van der Waals surface area contributed by atoms with Crippen LogP contribution >= 0.6 is 11.6 Å². The zero-order valence-corrected chi connectivity index (χ0v) is 17.3. The van der Waals surface area contributed by atoms with E-state index in [1.54, 1.807) is 18.2 Å². The molecule has 1 aliphatic heterocycles. The standard InChI is InChI=1S/C19H18ClN3O5S/c1-11-14(8-21)18(24)23(13-5-6-29(26,27)10-13)19(25)15(11)9-22-12-3-4-17(28-2)16(20)7-12/h3-4,7,9,13,25H,5-6,10H2,1-2H3/t13-/m1/s1. The number of methoxy groups -OCH3 is 1. The normalized spacial score (nSPS) is 18.1. The minimum Gasteiger partial charge on any atom is -0.495 e. The van der Waals surface area contributed by atoms with E-state index in [1.165, 1.54) is 20.2 Å². The van der Waals surface area contributed by atoms with E-state index >= 15 is 0 Å². The predicted octanol–water partition coefficient (Wildman–Crippen LogP) is 2.51. The molecule has 2 heterocycles. The van der Waals surface area contributed by atoms with Crippen molar-refractivity contribution in [3.05, 3.63) is 50.3 Å². The molecule has 1 aliphatic rings. The maximum Gasteiger partial charge on any atom is 0.271 e. The van der Waals surface area contributed by atoms with E-state index in [-0.39, 0.29) is 34.6 Å². The second-order valence-electron chi connectivity index (χ2n) is 6.66. The monoisotopic (exact) mass is 435 g/mol. The van der Waals surface area contributed by atoms with Gasteiger partial charge in [0.1, 0.15) is 17.4 Å². The summed E-state index contributed by atoms with van der Waals surface area (Å²) in [4.78, 5) is 17.0. The largest absolute Gasteiger partial charge is 0.495 e. The van der Waals surface area contributed by atoms with Gasteiger partial charge >= 0.3 is 0 Å². The number of halogens is 1. The molecule has 3 rings (SSSR count). The average molecular weight is 436 g/mol. The number of sulfone groups is 1. The lowest BCUT2D eigenvalue weighted by atomic mass is 10.0. The topological polar surface area (TPSA) is 122 Å². The summed E-state index contributed by atoms with van der Waals surface area (Å²) in [7, 11) is -1.81. The lowest BCUT2D eigenvalue weighted by Gasteiger charge is -2.18. The van der Waals surface area contributed by atoms with Crippen LogP contribution in [0.4, 0.5) is 5.69 Å². The lowest BCUT2D eigenvalue weighted by molar-refractivity contribution is 0.379. The van der Waals surface area contributed by atoms with Gasteiger partial charge in [0.05, 0.1) is 40.9 Å². The first-order valence-corrected chi connectivity index (χ1v) is 10.8. The van der Waals surface area contributed by atoms with Crippen molar-refractivity contribution < 1.29 is 18.3 Å². The van der Waals surface area contributed by atoms with Gasteiger partial charge in [-0.25, -0.2) is 8.42 Å². The molecule has 1 fully saturated rings. The van der Waals surface area contributed by atoms with E-state index in [2.05, 4.69) is 4.99 Å². The van der Waals surface area contributed by atoms with Crippen molar-refractivity contribution in [1.29, 1.82) is 5.26 Å². The van der Waals surface area contributed by atoms with Crippen LogP contribution in [0, 0.1) is 18.3 Å². The number of hydrogen-bond donors (Lipinski definition) is 1. The van der Waals surface area contributed by atoms with Crippen molar-refractivity contribution in [1.82, 2.24) is 4.57 Å². The Morgan fingerprint density at radius 3 is 2.72 bits per heavy atom. The molecule has 10 heteroatoms. The Bertz CT molecular complexity index is 1210. The van der Waals surface area contributed by atoms with E-state index in [0.29, 0.717) is 16.5 Å². The summed E-state index contributed by atoms with van der Waals surface area (Å²) in [6.07, 6.45) is 1.51. The number of rotatable bonds is 4. The molecule has 152 valence electrons. The molecule has 0 amide bonds. The van der Waals surface area contributed by atoms with E-state index in [4.69, 9.17) is 16.3 Å². The van der Waals surface area contributed by atoms with Gasteiger partial charge in [-0.3, -0.25) is 14.4 Å². The van der Waals surface area contributed by atoms with Crippen molar-refractivity contribution in [3.63, 3.8) is 0 Å². The summed E-state index contributed by atoms with van der Waals surface area (Å²) in [5, 5.41) is 20.5. The zero-order chi connectivity index (χ0) is 21.3. The molecule has 8 nitrogen and oxygen atoms in total. The summed E-state index contributed by atoms with van der Waals surface area (Å²) in [6, 6.07) is 5.96. The summed E-state index contributed by atoms with van der Waals surface area (Å²) in [5.74, 6) is -0.282. The van der Waals surface area contributed by atoms with Crippen LogP contribution in [0.15, 0.2) is 28.0 Å². The van der Waals surface area contributed by atoms with E-state index in [1.807, 2.05) is 6.07 Å². The third-order valence-corrected chi connectivity index (χ3v) is 6.89. The van der Waals surface area contributed by atoms with Gasteiger partial charge in [-0.1, -0.05) is 11.6 Å². The number of aromatic hydroxyl groups is 1. The van der Waals surface area contributed by atoms with E-state index < -0.39 is 27.3 Å². The molecule has 29 heavy (non-hydrogen) atoms. The van der Waals surface area contributed by atoms with Crippen molar-refractivity contribution in [3.8, 4) is 17.7 Å². The molecule has 1 aromatic heterocycles. The molecule has 0 spiro atoms. The van der Waals surface area contributed by atoms with Gasteiger partial charge in [-0.05, 0) is 37.1 Å². The SMILES string of the molecule is COc1ccc(N=Cc2c(C)c(C#N)c(=O)n([C@@H]3CCS(=O)(=O)C3)c2O)cc1Cl. The van der Waals surface area contributed by atoms with Crippen molar-refractivity contribution in [2.75, 3.05) is 18.6 Å². The van der Waals surface area contributed by atoms with Gasteiger partial charge in [0.2, 0.25) is 5.88 Å². The molecule has 0 bridgehead atoms. The van der Waals surface area contributed by atoms with Crippen molar-refractivity contribution in [2.45, 2.75) is 19.4 Å². The zero-order valence-electron chi connectivity index (χ0n) is 15.7. The molecular weight excluding hydrogens is 418 g/mol. The number of benzene rings is 1. The lowest BCUT2D eigenvalue weighted by Crippen LogP contribution is -2.29. The van der Waals surface area contributed by atoms with Crippen LogP contribution in [0.3, 0.4) is 0 Å². The highest BCUT2D eigenvalue weighted by atomic mass is 35.5. The number of nitriles is 1. The van der Waals surface area contributed by atoms with Crippen LogP contribution in [-0.4, -0.2) is 42.9 Å². The van der Waals surface area contributed by atoms with Gasteiger partial charge in [-0.2, -0.15) is 5.26 Å². The van der Waals surface area contributed by atoms with Gasteiger partial charge in [0.25, 0.3) is 5.56 Å². The van der Waals surface area contributed by atoms with Crippen molar-refractivity contribution >= 4 is 33.3 Å². The Balaban J connectivity index is 2.12. The van der Waals surface area contributed by atoms with E-state index in [9.17, 15) is 23.6 Å². The smallest absolute Gasteiger partial charge is 0.271 e. The van der Waals surface area contributed by atoms with Gasteiger partial charge in [0, 0.05) is 6.21 Å². The number of aromatic nitrogens is 1. The third kappa shape index (κ3) is 3.99. The third-order valence-electron chi connectivity index (χ3n) is 4.84. The number of hydrogen-bond acceptors (Lipinski definition) is 7. The van der Waals surface area contributed by atoms with Crippen LogP contribution in [0.25, 0.3) is 0 Å². The molecular formula is C19H18ClN3O5S. The second kappa shape index (κ2) is 7.89. The molecule has 0 aliphatic carbocycles. The molecule has 1 N–H and O–H groups in total. The number of pyridine rings is 1. The highest BCUT2D eigenvalue weighted by Gasteiger charge is 2.33. The Hall–Kier alpha value is -2.83. The molecule has 0 saturated carbocycles. The predicted molar refractivity (Wildman–Crippen MR) is 109 cm³/mol. The maximum atomic E-state index is 12.7. The number of nitrogens with zero attached hydrogens (tertiary/aromatic N) is 3. The van der Waals surface area contributed by atoms with E-state index in [0.717, 1.165) is 4.57 Å². The first-order valence-electron chi connectivity index (χ1n) is 8.64. The Labute approximate surface area is 172 Å². The van der Waals surface area contributed by atoms with Crippen LogP contribution < -0.4 is 10.3 Å². The molecule has 1 aromatic carbocycles. The maximum absolute atomic E-state index is 12.7. The first kappa shape index (κ1) is 20.9. The average Bonchev–Trinajstić information content (AvgIpc) is 3.01. The molecule has 0 unspecified atom stereocenters. The summed E-state index contributed by atoms with van der Waals surface area (Å²) in [6.45, 7) is 1.53. The van der Waals surface area contributed by atoms with Crippen LogP contribution in [0.2, 0.25) is 5.02 Å².